The van der Waals surface area contributed by atoms with Crippen molar-refractivity contribution in [3.8, 4) is 0 Å². The van der Waals surface area contributed by atoms with Crippen molar-refractivity contribution in [1.82, 2.24) is 14.7 Å². The van der Waals surface area contributed by atoms with E-state index < -0.39 is 11.7 Å². The quantitative estimate of drug-likeness (QED) is 0.784. The standard InChI is InChI=1S/C22H25F3N4O2/c1-27(15-17-7-5-6-10-19(17)22(23,24)25)16-20(30)28-11-13-29(14-12-28)21(31)26-18-8-3-2-4-9-18/h2-10H,11-16H2,1H3,(H,26,31). The summed E-state index contributed by atoms with van der Waals surface area (Å²) in [4.78, 5) is 29.8. The number of carbonyl (C=O) groups is 2. The van der Waals surface area contributed by atoms with Crippen molar-refractivity contribution >= 4 is 17.6 Å². The third-order valence-corrected chi connectivity index (χ3v) is 5.11. The number of alkyl halides is 3. The van der Waals surface area contributed by atoms with Crippen LogP contribution in [0.15, 0.2) is 54.6 Å². The zero-order valence-electron chi connectivity index (χ0n) is 17.2. The molecule has 9 heteroatoms. The molecule has 0 saturated carbocycles. The van der Waals surface area contributed by atoms with Crippen molar-refractivity contribution in [3.05, 3.63) is 65.7 Å². The van der Waals surface area contributed by atoms with E-state index in [4.69, 9.17) is 0 Å². The van der Waals surface area contributed by atoms with Crippen molar-refractivity contribution in [2.75, 3.05) is 45.1 Å². The molecule has 0 unspecified atom stereocenters. The van der Waals surface area contributed by atoms with E-state index in [1.54, 1.807) is 39.9 Å². The molecule has 0 spiro atoms. The molecule has 0 bridgehead atoms. The van der Waals surface area contributed by atoms with Crippen LogP contribution < -0.4 is 5.32 Å². The molecule has 0 radical (unpaired) electrons. The lowest BCUT2D eigenvalue weighted by Crippen LogP contribution is -2.53. The first kappa shape index (κ1) is 22.6. The van der Waals surface area contributed by atoms with E-state index in [2.05, 4.69) is 5.32 Å². The first-order valence-electron chi connectivity index (χ1n) is 9.96. The molecule has 1 fully saturated rings. The summed E-state index contributed by atoms with van der Waals surface area (Å²) >= 11 is 0. The number of nitrogens with zero attached hydrogens (tertiary/aromatic N) is 3. The Bertz CT molecular complexity index is 897. The van der Waals surface area contributed by atoms with Crippen molar-refractivity contribution in [1.29, 1.82) is 0 Å². The Balaban J connectivity index is 1.48. The van der Waals surface area contributed by atoms with Gasteiger partial charge in [-0.2, -0.15) is 13.2 Å². The largest absolute Gasteiger partial charge is 0.416 e. The Morgan fingerprint density at radius 3 is 2.16 bits per heavy atom. The monoisotopic (exact) mass is 434 g/mol. The highest BCUT2D eigenvalue weighted by atomic mass is 19.4. The third kappa shape index (κ3) is 6.21. The van der Waals surface area contributed by atoms with Crippen molar-refractivity contribution in [2.45, 2.75) is 12.7 Å². The number of nitrogens with one attached hydrogen (secondary N) is 1. The van der Waals surface area contributed by atoms with Gasteiger partial charge in [-0.05, 0) is 30.8 Å². The number of halogens is 3. The fraction of sp³-hybridized carbons (Fsp3) is 0.364. The van der Waals surface area contributed by atoms with Gasteiger partial charge in [0.05, 0.1) is 12.1 Å². The molecular weight excluding hydrogens is 409 g/mol. The van der Waals surface area contributed by atoms with Crippen LogP contribution in [0.2, 0.25) is 0 Å². The van der Waals surface area contributed by atoms with Gasteiger partial charge in [-0.3, -0.25) is 9.69 Å². The number of hydrogen-bond acceptors (Lipinski definition) is 3. The van der Waals surface area contributed by atoms with Gasteiger partial charge in [0, 0.05) is 38.4 Å². The Morgan fingerprint density at radius 2 is 1.52 bits per heavy atom. The van der Waals surface area contributed by atoms with Crippen molar-refractivity contribution in [2.24, 2.45) is 0 Å². The second-order valence-electron chi connectivity index (χ2n) is 7.49. The molecule has 0 aromatic heterocycles. The van der Waals surface area contributed by atoms with Crippen LogP contribution in [0, 0.1) is 0 Å². The van der Waals surface area contributed by atoms with E-state index in [-0.39, 0.29) is 30.6 Å². The van der Waals surface area contributed by atoms with Crippen LogP contribution in [0.5, 0.6) is 0 Å². The fourth-order valence-electron chi connectivity index (χ4n) is 3.50. The fourth-order valence-corrected chi connectivity index (χ4v) is 3.50. The minimum Gasteiger partial charge on any atom is -0.338 e. The van der Waals surface area contributed by atoms with Crippen molar-refractivity contribution in [3.63, 3.8) is 0 Å². The zero-order chi connectivity index (χ0) is 22.4. The van der Waals surface area contributed by atoms with Crippen molar-refractivity contribution < 1.29 is 22.8 Å². The van der Waals surface area contributed by atoms with Gasteiger partial charge in [-0.15, -0.1) is 0 Å². The molecule has 1 N–H and O–H groups in total. The minimum absolute atomic E-state index is 0.00238. The molecule has 1 aliphatic heterocycles. The molecule has 6 nitrogen and oxygen atoms in total. The Hall–Kier alpha value is -3.07. The van der Waals surface area contributed by atoms with Crippen LogP contribution >= 0.6 is 0 Å². The molecule has 3 rings (SSSR count). The maximum Gasteiger partial charge on any atom is 0.416 e. The van der Waals surface area contributed by atoms with Gasteiger partial charge in [-0.25, -0.2) is 4.79 Å². The van der Waals surface area contributed by atoms with E-state index in [9.17, 15) is 22.8 Å². The number of anilines is 1. The topological polar surface area (TPSA) is 55.9 Å². The van der Waals surface area contributed by atoms with Crippen LogP contribution in [0.25, 0.3) is 0 Å². The number of carbonyl (C=O) groups excluding carboxylic acids is 2. The van der Waals surface area contributed by atoms with E-state index in [0.717, 1.165) is 6.07 Å². The first-order chi connectivity index (χ1) is 14.7. The normalized spacial score (nSPS) is 14.6. The second kappa shape index (κ2) is 9.82. The second-order valence-corrected chi connectivity index (χ2v) is 7.49. The lowest BCUT2D eigenvalue weighted by molar-refractivity contribution is -0.138. The summed E-state index contributed by atoms with van der Waals surface area (Å²) in [6.07, 6.45) is -4.43. The van der Waals surface area contributed by atoms with Crippen LogP contribution in [-0.4, -0.2) is 66.4 Å². The van der Waals surface area contributed by atoms with Crippen LogP contribution in [0.1, 0.15) is 11.1 Å². The number of urea groups is 1. The first-order valence-corrected chi connectivity index (χ1v) is 9.96. The van der Waals surface area contributed by atoms with Gasteiger partial charge in [0.2, 0.25) is 5.91 Å². The van der Waals surface area contributed by atoms with E-state index in [1.165, 1.54) is 12.1 Å². The smallest absolute Gasteiger partial charge is 0.338 e. The Morgan fingerprint density at radius 1 is 0.935 bits per heavy atom. The highest BCUT2D eigenvalue weighted by Crippen LogP contribution is 2.32. The number of amides is 3. The Labute approximate surface area is 179 Å². The summed E-state index contributed by atoms with van der Waals surface area (Å²) in [5.41, 5.74) is 0.145. The van der Waals surface area contributed by atoms with Gasteiger partial charge in [0.25, 0.3) is 0 Å². The predicted octanol–water partition coefficient (Wildman–Crippen LogP) is 3.51. The van der Waals surface area contributed by atoms with Gasteiger partial charge in [0.1, 0.15) is 0 Å². The van der Waals surface area contributed by atoms with Crippen LogP contribution in [0.4, 0.5) is 23.7 Å². The number of rotatable bonds is 5. The highest BCUT2D eigenvalue weighted by molar-refractivity contribution is 5.89. The van der Waals surface area contributed by atoms with Crippen LogP contribution in [-0.2, 0) is 17.5 Å². The molecule has 2 aromatic carbocycles. The average Bonchev–Trinajstić information content (AvgIpc) is 2.74. The zero-order valence-corrected chi connectivity index (χ0v) is 17.2. The molecule has 1 aliphatic rings. The number of benzene rings is 2. The molecule has 166 valence electrons. The van der Waals surface area contributed by atoms with E-state index in [0.29, 0.717) is 31.9 Å². The summed E-state index contributed by atoms with van der Waals surface area (Å²) in [6, 6.07) is 14.3. The van der Waals surface area contributed by atoms with E-state index in [1.807, 2.05) is 18.2 Å². The third-order valence-electron chi connectivity index (χ3n) is 5.11. The predicted molar refractivity (Wildman–Crippen MR) is 111 cm³/mol. The molecule has 2 aromatic rings. The number of hydrogen-bond donors (Lipinski definition) is 1. The van der Waals surface area contributed by atoms with Gasteiger partial charge >= 0.3 is 12.2 Å². The molecule has 31 heavy (non-hydrogen) atoms. The molecule has 1 heterocycles. The Kier molecular flexibility index (Phi) is 7.17. The average molecular weight is 434 g/mol. The molecule has 0 atom stereocenters. The van der Waals surface area contributed by atoms with Gasteiger partial charge in [-0.1, -0.05) is 36.4 Å². The molecular formula is C22H25F3N4O2. The van der Waals surface area contributed by atoms with Crippen LogP contribution in [0.3, 0.4) is 0 Å². The SMILES string of the molecule is CN(CC(=O)N1CCN(C(=O)Nc2ccccc2)CC1)Cc1ccccc1C(F)(F)F. The maximum absolute atomic E-state index is 13.2. The molecule has 1 saturated heterocycles. The minimum atomic E-state index is -4.43. The maximum atomic E-state index is 13.2. The number of para-hydroxylation sites is 1. The lowest BCUT2D eigenvalue weighted by atomic mass is 10.1. The van der Waals surface area contributed by atoms with E-state index >= 15 is 0 Å². The number of likely N-dealkylation sites (N-methyl/N-ethyl adjacent to an activating group) is 1. The summed E-state index contributed by atoms with van der Waals surface area (Å²) in [7, 11) is 1.62. The number of piperazine rings is 1. The van der Waals surface area contributed by atoms with Gasteiger partial charge < -0.3 is 15.1 Å². The summed E-state index contributed by atoms with van der Waals surface area (Å²) in [5.74, 6) is -0.171. The summed E-state index contributed by atoms with van der Waals surface area (Å²) < 4.78 is 39.5. The summed E-state index contributed by atoms with van der Waals surface area (Å²) in [6.45, 7) is 1.57. The molecule has 3 amide bonds. The van der Waals surface area contributed by atoms with Gasteiger partial charge in [0.15, 0.2) is 0 Å². The lowest BCUT2D eigenvalue weighted by Gasteiger charge is -2.35. The summed E-state index contributed by atoms with van der Waals surface area (Å²) in [5, 5.41) is 2.82. The molecule has 0 aliphatic carbocycles. The highest BCUT2D eigenvalue weighted by Gasteiger charge is 2.33.